The van der Waals surface area contributed by atoms with Crippen LogP contribution in [0.1, 0.15) is 28.4 Å². The Morgan fingerprint density at radius 1 is 1.10 bits per heavy atom. The number of nitrogens with one attached hydrogen (secondary N) is 2. The maximum atomic E-state index is 12.2. The van der Waals surface area contributed by atoms with Gasteiger partial charge < -0.3 is 10.1 Å². The van der Waals surface area contributed by atoms with Gasteiger partial charge in [-0.15, -0.1) is 0 Å². The van der Waals surface area contributed by atoms with Gasteiger partial charge in [-0.25, -0.2) is 5.43 Å². The van der Waals surface area contributed by atoms with Gasteiger partial charge in [0.1, 0.15) is 12.4 Å². The van der Waals surface area contributed by atoms with Gasteiger partial charge in [-0.05, 0) is 70.0 Å². The second-order valence-electron chi connectivity index (χ2n) is 6.53. The standard InChI is InChI=1S/C23H19BrClN3O3/c1-15(29)27-19-9-7-17(8-10-19)23(30)28-26-13-16-6-11-22(20(24)12-16)31-14-18-4-2-3-5-21(18)25/h2-13H,14H2,1H3,(H,27,29)(H,28,30)/b26-13-. The molecule has 0 unspecified atom stereocenters. The SMILES string of the molecule is CC(=O)Nc1ccc(C(=O)N/N=C\c2ccc(OCc3ccccc3Cl)c(Br)c2)cc1. The number of rotatable bonds is 7. The van der Waals surface area contributed by atoms with Crippen LogP contribution in [-0.2, 0) is 11.4 Å². The fourth-order valence-corrected chi connectivity index (χ4v) is 3.32. The number of hydrazone groups is 1. The minimum atomic E-state index is -0.357. The number of halogens is 2. The third-order valence-electron chi connectivity index (χ3n) is 4.14. The van der Waals surface area contributed by atoms with Crippen LogP contribution in [0.25, 0.3) is 0 Å². The van der Waals surface area contributed by atoms with Crippen molar-refractivity contribution in [2.75, 3.05) is 5.32 Å². The Morgan fingerprint density at radius 3 is 2.52 bits per heavy atom. The van der Waals surface area contributed by atoms with Crippen LogP contribution in [0.4, 0.5) is 5.69 Å². The van der Waals surface area contributed by atoms with Gasteiger partial charge in [-0.1, -0.05) is 29.8 Å². The molecule has 0 aromatic heterocycles. The summed E-state index contributed by atoms with van der Waals surface area (Å²) in [5.41, 5.74) is 5.20. The second kappa shape index (κ2) is 10.7. The van der Waals surface area contributed by atoms with Crippen LogP contribution >= 0.6 is 27.5 Å². The lowest BCUT2D eigenvalue weighted by atomic mass is 10.2. The molecule has 0 bridgehead atoms. The molecule has 3 aromatic carbocycles. The predicted molar refractivity (Wildman–Crippen MR) is 126 cm³/mol. The fraction of sp³-hybridized carbons (Fsp3) is 0.0870. The molecule has 0 saturated carbocycles. The average molecular weight is 501 g/mol. The van der Waals surface area contributed by atoms with Crippen LogP contribution in [-0.4, -0.2) is 18.0 Å². The molecule has 0 spiro atoms. The minimum absolute atomic E-state index is 0.173. The molecule has 0 aliphatic rings. The van der Waals surface area contributed by atoms with E-state index in [4.69, 9.17) is 16.3 Å². The largest absolute Gasteiger partial charge is 0.488 e. The predicted octanol–water partition coefficient (Wildman–Crippen LogP) is 5.40. The normalized spacial score (nSPS) is 10.7. The third-order valence-corrected chi connectivity index (χ3v) is 5.13. The summed E-state index contributed by atoms with van der Waals surface area (Å²) >= 11 is 9.63. The topological polar surface area (TPSA) is 79.8 Å². The van der Waals surface area contributed by atoms with Crippen molar-refractivity contribution in [2.45, 2.75) is 13.5 Å². The van der Waals surface area contributed by atoms with Gasteiger partial charge in [0.25, 0.3) is 5.91 Å². The van der Waals surface area contributed by atoms with Gasteiger partial charge in [0.15, 0.2) is 0 Å². The lowest BCUT2D eigenvalue weighted by molar-refractivity contribution is -0.114. The third kappa shape index (κ3) is 6.67. The summed E-state index contributed by atoms with van der Waals surface area (Å²) in [5, 5.41) is 7.29. The number of amides is 2. The summed E-state index contributed by atoms with van der Waals surface area (Å²) < 4.78 is 6.57. The van der Waals surface area contributed by atoms with Crippen molar-refractivity contribution in [1.82, 2.24) is 5.43 Å². The lowest BCUT2D eigenvalue weighted by Gasteiger charge is -2.10. The number of hydrogen-bond donors (Lipinski definition) is 2. The van der Waals surface area contributed by atoms with Crippen molar-refractivity contribution in [3.63, 3.8) is 0 Å². The Hall–Kier alpha value is -3.16. The van der Waals surface area contributed by atoms with Crippen LogP contribution in [0.5, 0.6) is 5.75 Å². The first-order valence-corrected chi connectivity index (χ1v) is 10.5. The molecule has 3 aromatic rings. The highest BCUT2D eigenvalue weighted by Crippen LogP contribution is 2.27. The Kier molecular flexibility index (Phi) is 7.81. The smallest absolute Gasteiger partial charge is 0.271 e. The van der Waals surface area contributed by atoms with Gasteiger partial charge in [-0.2, -0.15) is 5.10 Å². The Bertz CT molecular complexity index is 1120. The lowest BCUT2D eigenvalue weighted by Crippen LogP contribution is -2.17. The number of ether oxygens (including phenoxy) is 1. The number of carbonyl (C=O) groups is 2. The van der Waals surface area contributed by atoms with Crippen molar-refractivity contribution in [1.29, 1.82) is 0 Å². The van der Waals surface area contributed by atoms with Gasteiger partial charge in [0, 0.05) is 28.8 Å². The van der Waals surface area contributed by atoms with E-state index in [1.807, 2.05) is 42.5 Å². The van der Waals surface area contributed by atoms with Crippen molar-refractivity contribution in [3.05, 3.63) is 92.9 Å². The fourth-order valence-electron chi connectivity index (χ4n) is 2.62. The summed E-state index contributed by atoms with van der Waals surface area (Å²) in [7, 11) is 0. The summed E-state index contributed by atoms with van der Waals surface area (Å²) in [4.78, 5) is 23.2. The van der Waals surface area contributed by atoms with E-state index < -0.39 is 0 Å². The van der Waals surface area contributed by atoms with E-state index in [0.717, 1.165) is 15.6 Å². The zero-order chi connectivity index (χ0) is 22.2. The molecular formula is C23H19BrClN3O3. The quantitative estimate of drug-likeness (QED) is 0.336. The van der Waals surface area contributed by atoms with E-state index in [-0.39, 0.29) is 11.8 Å². The van der Waals surface area contributed by atoms with E-state index in [1.165, 1.54) is 13.1 Å². The maximum Gasteiger partial charge on any atom is 0.271 e. The van der Waals surface area contributed by atoms with E-state index in [9.17, 15) is 9.59 Å². The zero-order valence-corrected chi connectivity index (χ0v) is 18.9. The summed E-state index contributed by atoms with van der Waals surface area (Å²) in [6.45, 7) is 1.77. The number of carbonyl (C=O) groups excluding carboxylic acids is 2. The molecule has 0 saturated heterocycles. The first kappa shape index (κ1) is 22.5. The molecule has 6 nitrogen and oxygen atoms in total. The molecule has 0 aliphatic carbocycles. The zero-order valence-electron chi connectivity index (χ0n) is 16.6. The van der Waals surface area contributed by atoms with Gasteiger partial charge >= 0.3 is 0 Å². The Morgan fingerprint density at radius 2 is 1.84 bits per heavy atom. The molecule has 0 fully saturated rings. The first-order chi connectivity index (χ1) is 14.9. The molecule has 31 heavy (non-hydrogen) atoms. The van der Waals surface area contributed by atoms with Gasteiger partial charge in [0.2, 0.25) is 5.91 Å². The highest BCUT2D eigenvalue weighted by molar-refractivity contribution is 9.10. The Labute approximate surface area is 193 Å². The summed E-state index contributed by atoms with van der Waals surface area (Å²) in [5.74, 6) is 0.137. The molecule has 3 rings (SSSR count). The minimum Gasteiger partial charge on any atom is -0.488 e. The highest BCUT2D eigenvalue weighted by Gasteiger charge is 2.06. The summed E-state index contributed by atoms with van der Waals surface area (Å²) in [6, 6.07) is 19.5. The average Bonchev–Trinajstić information content (AvgIpc) is 2.74. The van der Waals surface area contributed by atoms with Crippen LogP contribution in [0.15, 0.2) is 76.3 Å². The molecule has 2 amide bonds. The van der Waals surface area contributed by atoms with Crippen LogP contribution in [0, 0.1) is 0 Å². The molecule has 2 N–H and O–H groups in total. The van der Waals surface area contributed by atoms with E-state index in [1.54, 1.807) is 24.3 Å². The van der Waals surface area contributed by atoms with Crippen molar-refractivity contribution in [3.8, 4) is 5.75 Å². The summed E-state index contributed by atoms with van der Waals surface area (Å²) in [6.07, 6.45) is 1.53. The highest BCUT2D eigenvalue weighted by atomic mass is 79.9. The van der Waals surface area contributed by atoms with Crippen molar-refractivity contribution >= 4 is 51.2 Å². The molecule has 0 aliphatic heterocycles. The monoisotopic (exact) mass is 499 g/mol. The molecule has 8 heteroatoms. The first-order valence-electron chi connectivity index (χ1n) is 9.29. The molecule has 0 heterocycles. The van der Waals surface area contributed by atoms with E-state index >= 15 is 0 Å². The Balaban J connectivity index is 1.56. The second-order valence-corrected chi connectivity index (χ2v) is 7.79. The van der Waals surface area contributed by atoms with E-state index in [2.05, 4.69) is 31.8 Å². The number of anilines is 1. The number of hydrogen-bond acceptors (Lipinski definition) is 4. The van der Waals surface area contributed by atoms with Crippen molar-refractivity contribution in [2.24, 2.45) is 5.10 Å². The van der Waals surface area contributed by atoms with Crippen LogP contribution in [0.3, 0.4) is 0 Å². The van der Waals surface area contributed by atoms with Crippen molar-refractivity contribution < 1.29 is 14.3 Å². The van der Waals surface area contributed by atoms with Crippen LogP contribution < -0.4 is 15.5 Å². The number of benzene rings is 3. The number of nitrogens with zero attached hydrogens (tertiary/aromatic N) is 1. The maximum absolute atomic E-state index is 12.2. The van der Waals surface area contributed by atoms with Crippen LogP contribution in [0.2, 0.25) is 5.02 Å². The molecular weight excluding hydrogens is 482 g/mol. The molecule has 0 atom stereocenters. The van der Waals surface area contributed by atoms with Gasteiger partial charge in [-0.3, -0.25) is 9.59 Å². The van der Waals surface area contributed by atoms with Gasteiger partial charge in [0.05, 0.1) is 10.7 Å². The molecule has 0 radical (unpaired) electrons. The van der Waals surface area contributed by atoms with E-state index in [0.29, 0.717) is 28.6 Å². The molecule has 158 valence electrons.